The Morgan fingerprint density at radius 2 is 1.88 bits per heavy atom. The molecule has 9 heteroatoms. The van der Waals surface area contributed by atoms with Crippen molar-refractivity contribution in [3.63, 3.8) is 0 Å². The van der Waals surface area contributed by atoms with E-state index in [9.17, 15) is 13.6 Å². The number of para-hydroxylation sites is 1. The molecule has 172 valence electrons. The van der Waals surface area contributed by atoms with Gasteiger partial charge in [-0.15, -0.1) is 0 Å². The molecular weight excluding hydrogens is 438 g/mol. The maximum absolute atomic E-state index is 12.9. The highest BCUT2D eigenvalue weighted by Crippen LogP contribution is 2.25. The summed E-state index contributed by atoms with van der Waals surface area (Å²) in [6, 6.07) is 16.2. The van der Waals surface area contributed by atoms with Crippen molar-refractivity contribution in [2.24, 2.45) is 0 Å². The average molecular weight is 460 g/mol. The predicted molar refractivity (Wildman–Crippen MR) is 128 cm³/mol. The fourth-order valence-corrected chi connectivity index (χ4v) is 3.47. The number of halogens is 2. The van der Waals surface area contributed by atoms with Crippen molar-refractivity contribution in [1.82, 2.24) is 19.6 Å². The van der Waals surface area contributed by atoms with Crippen molar-refractivity contribution >= 4 is 17.1 Å². The maximum atomic E-state index is 12.9. The second-order valence-electron chi connectivity index (χ2n) is 7.69. The Hall–Kier alpha value is -4.40. The summed E-state index contributed by atoms with van der Waals surface area (Å²) in [7, 11) is 0. The van der Waals surface area contributed by atoms with E-state index in [-0.39, 0.29) is 16.8 Å². The molecular formula is C25H22F2N6O. The Kier molecular flexibility index (Phi) is 6.44. The SMILES string of the molecule is CC(=N)/C=C(\Nc1ccccc1)c1nn(-c2ccc(-c3cnn(C(F)F)c3)cc2C)ccc1=O. The van der Waals surface area contributed by atoms with E-state index < -0.39 is 6.55 Å². The zero-order chi connectivity index (χ0) is 24.2. The zero-order valence-corrected chi connectivity index (χ0v) is 18.5. The summed E-state index contributed by atoms with van der Waals surface area (Å²) >= 11 is 0. The van der Waals surface area contributed by atoms with Crippen LogP contribution in [-0.4, -0.2) is 25.3 Å². The first-order chi connectivity index (χ1) is 16.3. The minimum Gasteiger partial charge on any atom is -0.354 e. The number of anilines is 1. The molecule has 0 bridgehead atoms. The molecule has 7 nitrogen and oxygen atoms in total. The van der Waals surface area contributed by atoms with Gasteiger partial charge in [-0.05, 0) is 55.3 Å². The van der Waals surface area contributed by atoms with Crippen LogP contribution in [0.15, 0.2) is 84.1 Å². The van der Waals surface area contributed by atoms with Gasteiger partial charge in [-0.2, -0.15) is 19.0 Å². The molecule has 0 fully saturated rings. The summed E-state index contributed by atoms with van der Waals surface area (Å²) < 4.78 is 27.9. The number of aromatic nitrogens is 4. The number of benzene rings is 2. The van der Waals surface area contributed by atoms with Crippen LogP contribution in [0.5, 0.6) is 0 Å². The van der Waals surface area contributed by atoms with Gasteiger partial charge in [-0.3, -0.25) is 4.79 Å². The Morgan fingerprint density at radius 3 is 2.53 bits per heavy atom. The largest absolute Gasteiger partial charge is 0.354 e. The molecule has 2 N–H and O–H groups in total. The lowest BCUT2D eigenvalue weighted by molar-refractivity contribution is 0.0566. The van der Waals surface area contributed by atoms with Gasteiger partial charge in [0.2, 0.25) is 5.43 Å². The third kappa shape index (κ3) is 4.98. The van der Waals surface area contributed by atoms with Crippen LogP contribution in [0.4, 0.5) is 14.5 Å². The van der Waals surface area contributed by atoms with E-state index in [0.717, 1.165) is 22.5 Å². The first kappa shape index (κ1) is 22.8. The molecule has 0 saturated heterocycles. The summed E-state index contributed by atoms with van der Waals surface area (Å²) in [6.45, 7) is 0.790. The second kappa shape index (κ2) is 9.62. The van der Waals surface area contributed by atoms with Crippen LogP contribution in [0, 0.1) is 12.3 Å². The molecule has 2 aromatic heterocycles. The third-order valence-corrected chi connectivity index (χ3v) is 5.06. The Labute approximate surface area is 194 Å². The lowest BCUT2D eigenvalue weighted by Crippen LogP contribution is -2.19. The lowest BCUT2D eigenvalue weighted by Gasteiger charge is -2.14. The van der Waals surface area contributed by atoms with Crippen LogP contribution >= 0.6 is 0 Å². The van der Waals surface area contributed by atoms with E-state index in [1.807, 2.05) is 49.4 Å². The number of hydrogen-bond acceptors (Lipinski definition) is 5. The molecule has 0 aliphatic carbocycles. The molecule has 0 unspecified atom stereocenters. The first-order valence-electron chi connectivity index (χ1n) is 10.4. The van der Waals surface area contributed by atoms with Gasteiger partial charge in [0.15, 0.2) is 5.69 Å². The standard InChI is InChI=1S/C25H22F2N6O/c1-16-12-18(19-14-29-33(15-19)25(26)27)8-9-22(16)32-11-10-23(34)24(31-32)21(13-17(2)28)30-20-6-4-3-5-7-20/h3-15,25,28,30H,1-2H3/b21-13-,28-17?. The smallest absolute Gasteiger partial charge is 0.333 e. The molecule has 4 aromatic rings. The van der Waals surface area contributed by atoms with E-state index >= 15 is 0 Å². The van der Waals surface area contributed by atoms with E-state index in [1.165, 1.54) is 18.5 Å². The van der Waals surface area contributed by atoms with Gasteiger partial charge >= 0.3 is 6.55 Å². The summed E-state index contributed by atoms with van der Waals surface area (Å²) in [4.78, 5) is 12.7. The highest BCUT2D eigenvalue weighted by molar-refractivity contribution is 5.98. The van der Waals surface area contributed by atoms with Gasteiger partial charge in [0.25, 0.3) is 0 Å². The minimum atomic E-state index is -2.70. The Balaban J connectivity index is 1.72. The van der Waals surface area contributed by atoms with Crippen LogP contribution in [0.25, 0.3) is 22.5 Å². The third-order valence-electron chi connectivity index (χ3n) is 5.06. The molecule has 2 heterocycles. The molecule has 0 saturated carbocycles. The van der Waals surface area contributed by atoms with Crippen LogP contribution in [0.1, 0.15) is 24.7 Å². The number of nitrogens with one attached hydrogen (secondary N) is 2. The highest BCUT2D eigenvalue weighted by atomic mass is 19.3. The zero-order valence-electron chi connectivity index (χ0n) is 18.5. The lowest BCUT2D eigenvalue weighted by atomic mass is 10.1. The van der Waals surface area contributed by atoms with Gasteiger partial charge in [-0.25, -0.2) is 9.36 Å². The highest BCUT2D eigenvalue weighted by Gasteiger charge is 2.13. The minimum absolute atomic E-state index is 0.166. The number of aryl methyl sites for hydroxylation is 1. The van der Waals surface area contributed by atoms with E-state index in [1.54, 1.807) is 29.9 Å². The predicted octanol–water partition coefficient (Wildman–Crippen LogP) is 5.29. The molecule has 0 amide bonds. The van der Waals surface area contributed by atoms with Crippen LogP contribution in [-0.2, 0) is 0 Å². The molecule has 34 heavy (non-hydrogen) atoms. The number of rotatable bonds is 7. The fourth-order valence-electron chi connectivity index (χ4n) is 3.47. The van der Waals surface area contributed by atoms with E-state index in [0.29, 0.717) is 15.9 Å². The molecule has 0 atom stereocenters. The van der Waals surface area contributed by atoms with Gasteiger partial charge in [0.05, 0.1) is 17.6 Å². The molecule has 0 aliphatic rings. The van der Waals surface area contributed by atoms with Crippen molar-refractivity contribution in [2.45, 2.75) is 20.4 Å². The molecule has 2 aromatic carbocycles. The summed E-state index contributed by atoms with van der Waals surface area (Å²) in [5.41, 5.74) is 4.16. The summed E-state index contributed by atoms with van der Waals surface area (Å²) in [6.07, 6.45) is 5.81. The second-order valence-corrected chi connectivity index (χ2v) is 7.69. The fraction of sp³-hybridized carbons (Fsp3) is 0.120. The normalized spacial score (nSPS) is 11.6. The summed E-state index contributed by atoms with van der Waals surface area (Å²) in [5.74, 6) is 0. The topological polar surface area (TPSA) is 88.6 Å². The van der Waals surface area contributed by atoms with Gasteiger partial charge in [0.1, 0.15) is 0 Å². The van der Waals surface area contributed by atoms with Crippen molar-refractivity contribution in [3.05, 3.63) is 101 Å². The molecule has 4 rings (SSSR count). The quantitative estimate of drug-likeness (QED) is 0.367. The average Bonchev–Trinajstić information content (AvgIpc) is 3.30. The van der Waals surface area contributed by atoms with Crippen molar-refractivity contribution in [3.8, 4) is 16.8 Å². The monoisotopic (exact) mass is 460 g/mol. The van der Waals surface area contributed by atoms with Crippen molar-refractivity contribution in [1.29, 1.82) is 5.41 Å². The number of hydrogen-bond donors (Lipinski definition) is 2. The van der Waals surface area contributed by atoms with Gasteiger partial charge in [0, 0.05) is 35.4 Å². The molecule has 0 radical (unpaired) electrons. The maximum Gasteiger partial charge on any atom is 0.333 e. The van der Waals surface area contributed by atoms with Gasteiger partial charge < -0.3 is 10.7 Å². The first-order valence-corrected chi connectivity index (χ1v) is 10.4. The van der Waals surface area contributed by atoms with E-state index in [2.05, 4.69) is 15.5 Å². The Bertz CT molecular complexity index is 1420. The Morgan fingerprint density at radius 1 is 1.12 bits per heavy atom. The number of nitrogens with zero attached hydrogens (tertiary/aromatic N) is 4. The molecule has 0 spiro atoms. The van der Waals surface area contributed by atoms with E-state index in [4.69, 9.17) is 5.41 Å². The number of alkyl halides is 2. The summed E-state index contributed by atoms with van der Waals surface area (Å²) in [5, 5.41) is 19.3. The van der Waals surface area contributed by atoms with Gasteiger partial charge in [-0.1, -0.05) is 24.3 Å². The van der Waals surface area contributed by atoms with Crippen molar-refractivity contribution in [2.75, 3.05) is 5.32 Å². The number of allylic oxidation sites excluding steroid dienone is 1. The van der Waals surface area contributed by atoms with Crippen LogP contribution < -0.4 is 10.7 Å². The van der Waals surface area contributed by atoms with Crippen LogP contribution in [0.2, 0.25) is 0 Å². The van der Waals surface area contributed by atoms with Crippen LogP contribution in [0.3, 0.4) is 0 Å². The molecule has 0 aliphatic heterocycles. The van der Waals surface area contributed by atoms with Crippen molar-refractivity contribution < 1.29 is 8.78 Å².